The smallest absolute Gasteiger partial charge is 0.243 e. The summed E-state index contributed by atoms with van der Waals surface area (Å²) >= 11 is 0. The number of hydrogen-bond acceptors (Lipinski definition) is 4. The number of nitrogens with one attached hydrogen (secondary N) is 1. The van der Waals surface area contributed by atoms with E-state index in [4.69, 9.17) is 4.74 Å². The second kappa shape index (κ2) is 9.26. The van der Waals surface area contributed by atoms with Crippen molar-refractivity contribution in [3.8, 4) is 5.75 Å². The van der Waals surface area contributed by atoms with Crippen LogP contribution in [0.4, 0.5) is 5.69 Å². The van der Waals surface area contributed by atoms with Crippen LogP contribution in [0.3, 0.4) is 0 Å². The van der Waals surface area contributed by atoms with Gasteiger partial charge in [-0.05, 0) is 44.0 Å². The Labute approximate surface area is 157 Å². The summed E-state index contributed by atoms with van der Waals surface area (Å²) in [4.78, 5) is 12.8. The Morgan fingerprint density at radius 3 is 2.15 bits per heavy atom. The number of methoxy groups -OCH3 is 1. The summed E-state index contributed by atoms with van der Waals surface area (Å²) in [5.41, 5.74) is 0.452. The van der Waals surface area contributed by atoms with E-state index >= 15 is 0 Å². The van der Waals surface area contributed by atoms with Gasteiger partial charge in [0.25, 0.3) is 0 Å². The van der Waals surface area contributed by atoms with Gasteiger partial charge in [-0.2, -0.15) is 0 Å². The van der Waals surface area contributed by atoms with Crippen LogP contribution in [0.25, 0.3) is 0 Å². The van der Waals surface area contributed by atoms with Crippen LogP contribution in [0.15, 0.2) is 24.3 Å². The lowest BCUT2D eigenvalue weighted by Crippen LogP contribution is -2.50. The zero-order valence-corrected chi connectivity index (χ0v) is 16.7. The van der Waals surface area contributed by atoms with Crippen molar-refractivity contribution in [2.75, 3.05) is 17.7 Å². The van der Waals surface area contributed by atoms with Crippen LogP contribution in [0.2, 0.25) is 0 Å². The van der Waals surface area contributed by atoms with Crippen molar-refractivity contribution in [2.45, 2.75) is 64.0 Å². The molecule has 1 aliphatic rings. The summed E-state index contributed by atoms with van der Waals surface area (Å²) < 4.78 is 31.0. The molecule has 1 aliphatic carbocycles. The van der Waals surface area contributed by atoms with Crippen molar-refractivity contribution in [2.24, 2.45) is 0 Å². The van der Waals surface area contributed by atoms with Gasteiger partial charge < -0.3 is 10.1 Å². The first-order valence-electron chi connectivity index (χ1n) is 9.27. The summed E-state index contributed by atoms with van der Waals surface area (Å²) in [7, 11) is -2.05. The molecule has 1 aromatic carbocycles. The van der Waals surface area contributed by atoms with Crippen molar-refractivity contribution >= 4 is 21.6 Å². The number of sulfonamides is 1. The molecule has 1 aromatic rings. The average Bonchev–Trinajstić information content (AvgIpc) is 2.56. The van der Waals surface area contributed by atoms with E-state index in [1.807, 2.05) is 0 Å². The quantitative estimate of drug-likeness (QED) is 0.820. The van der Waals surface area contributed by atoms with Crippen molar-refractivity contribution in [1.82, 2.24) is 5.32 Å². The minimum Gasteiger partial charge on any atom is -0.497 e. The molecule has 6 nitrogen and oxygen atoms in total. The number of nitrogens with zero attached hydrogens (tertiary/aromatic N) is 1. The van der Waals surface area contributed by atoms with Crippen molar-refractivity contribution in [3.63, 3.8) is 0 Å². The molecule has 1 N–H and O–H groups in total. The second-order valence-electron chi connectivity index (χ2n) is 6.98. The van der Waals surface area contributed by atoms with Crippen molar-refractivity contribution in [3.05, 3.63) is 24.3 Å². The Balaban J connectivity index is 2.14. The monoisotopic (exact) mass is 382 g/mol. The van der Waals surface area contributed by atoms with Gasteiger partial charge in [0.05, 0.1) is 19.1 Å². The molecule has 0 bridgehead atoms. The van der Waals surface area contributed by atoms with Gasteiger partial charge in [-0.25, -0.2) is 8.42 Å². The number of hydrogen-bond donors (Lipinski definition) is 1. The number of anilines is 1. The third-order valence-corrected chi connectivity index (χ3v) is 6.11. The van der Waals surface area contributed by atoms with Crippen LogP contribution in [0, 0.1) is 0 Å². The van der Waals surface area contributed by atoms with Gasteiger partial charge >= 0.3 is 0 Å². The summed E-state index contributed by atoms with van der Waals surface area (Å²) in [5.74, 6) is 0.380. The van der Waals surface area contributed by atoms with Gasteiger partial charge in [0.1, 0.15) is 11.8 Å². The van der Waals surface area contributed by atoms with E-state index in [0.717, 1.165) is 31.9 Å². The molecule has 0 spiro atoms. The van der Waals surface area contributed by atoms with Gasteiger partial charge in [-0.3, -0.25) is 9.10 Å². The number of ether oxygens (including phenoxy) is 1. The molecule has 1 amide bonds. The molecular weight excluding hydrogens is 352 g/mol. The average molecular weight is 383 g/mol. The lowest BCUT2D eigenvalue weighted by Gasteiger charge is -2.30. The van der Waals surface area contributed by atoms with E-state index in [9.17, 15) is 13.2 Å². The maximum atomic E-state index is 12.8. The Morgan fingerprint density at radius 1 is 1.12 bits per heavy atom. The van der Waals surface area contributed by atoms with E-state index in [1.54, 1.807) is 38.3 Å². The molecule has 1 saturated carbocycles. The Bertz CT molecular complexity index is 680. The molecule has 0 saturated heterocycles. The van der Waals surface area contributed by atoms with Crippen LogP contribution < -0.4 is 14.4 Å². The molecule has 1 atom stereocenters. The summed E-state index contributed by atoms with van der Waals surface area (Å²) in [6, 6.07) is 5.99. The molecule has 0 aliphatic heterocycles. The minimum atomic E-state index is -3.60. The van der Waals surface area contributed by atoms with E-state index < -0.39 is 16.1 Å². The summed E-state index contributed by atoms with van der Waals surface area (Å²) in [6.45, 7) is 1.63. The number of amides is 1. The van der Waals surface area contributed by atoms with Gasteiger partial charge in [-0.1, -0.05) is 32.1 Å². The Kier molecular flexibility index (Phi) is 7.32. The third kappa shape index (κ3) is 5.62. The lowest BCUT2D eigenvalue weighted by atomic mass is 9.96. The van der Waals surface area contributed by atoms with E-state index in [-0.39, 0.29) is 11.9 Å². The standard InChI is InChI=1S/C19H30N2O4S/c1-15(19(22)20-16-9-7-5-4-6-8-10-16)21(26(3,23)24)17-11-13-18(25-2)14-12-17/h11-16H,4-10H2,1-3H3,(H,20,22)/t15-/m1/s1. The number of rotatable bonds is 6. The van der Waals surface area contributed by atoms with Crippen molar-refractivity contribution in [1.29, 1.82) is 0 Å². The highest BCUT2D eigenvalue weighted by Gasteiger charge is 2.30. The molecule has 0 aromatic heterocycles. The van der Waals surface area contributed by atoms with Gasteiger partial charge in [0.15, 0.2) is 0 Å². The highest BCUT2D eigenvalue weighted by Crippen LogP contribution is 2.24. The van der Waals surface area contributed by atoms with Gasteiger partial charge in [0, 0.05) is 6.04 Å². The molecule has 26 heavy (non-hydrogen) atoms. The SMILES string of the molecule is COc1ccc(N([C@H](C)C(=O)NC2CCCCCCC2)S(C)(=O)=O)cc1. The zero-order chi connectivity index (χ0) is 19.2. The molecule has 1 fully saturated rings. The van der Waals surface area contributed by atoms with Crippen LogP contribution >= 0.6 is 0 Å². The summed E-state index contributed by atoms with van der Waals surface area (Å²) in [5, 5.41) is 3.06. The fourth-order valence-electron chi connectivity index (χ4n) is 3.46. The summed E-state index contributed by atoms with van der Waals surface area (Å²) in [6.07, 6.45) is 8.90. The molecular formula is C19H30N2O4S. The zero-order valence-electron chi connectivity index (χ0n) is 15.9. The van der Waals surface area contributed by atoms with E-state index in [0.29, 0.717) is 11.4 Å². The molecule has 0 unspecified atom stereocenters. The number of carbonyl (C=O) groups excluding carboxylic acids is 1. The Hall–Kier alpha value is -1.76. The number of benzene rings is 1. The topological polar surface area (TPSA) is 75.7 Å². The first kappa shape index (κ1) is 20.6. The third-order valence-electron chi connectivity index (χ3n) is 4.87. The molecule has 0 radical (unpaired) electrons. The molecule has 146 valence electrons. The molecule has 7 heteroatoms. The van der Waals surface area contributed by atoms with Crippen molar-refractivity contribution < 1.29 is 17.9 Å². The normalized spacial score (nSPS) is 17.7. The fourth-order valence-corrected chi connectivity index (χ4v) is 4.64. The van der Waals surface area contributed by atoms with Crippen LogP contribution in [-0.2, 0) is 14.8 Å². The minimum absolute atomic E-state index is 0.127. The predicted octanol–water partition coefficient (Wildman–Crippen LogP) is 3.08. The van der Waals surface area contributed by atoms with Crippen LogP contribution in [-0.4, -0.2) is 39.8 Å². The highest BCUT2D eigenvalue weighted by molar-refractivity contribution is 7.92. The first-order valence-corrected chi connectivity index (χ1v) is 11.1. The number of carbonyl (C=O) groups is 1. The maximum absolute atomic E-state index is 12.8. The van der Waals surface area contributed by atoms with E-state index in [1.165, 1.54) is 23.6 Å². The predicted molar refractivity (Wildman–Crippen MR) is 104 cm³/mol. The maximum Gasteiger partial charge on any atom is 0.243 e. The Morgan fingerprint density at radius 2 is 1.65 bits per heavy atom. The highest BCUT2D eigenvalue weighted by atomic mass is 32.2. The van der Waals surface area contributed by atoms with Gasteiger partial charge in [0.2, 0.25) is 15.9 Å². The van der Waals surface area contributed by atoms with Crippen LogP contribution in [0.1, 0.15) is 51.9 Å². The lowest BCUT2D eigenvalue weighted by molar-refractivity contribution is -0.122. The molecule has 2 rings (SSSR count). The van der Waals surface area contributed by atoms with Gasteiger partial charge in [-0.15, -0.1) is 0 Å². The van der Waals surface area contributed by atoms with E-state index in [2.05, 4.69) is 5.32 Å². The largest absolute Gasteiger partial charge is 0.497 e. The second-order valence-corrected chi connectivity index (χ2v) is 8.84. The fraction of sp³-hybridized carbons (Fsp3) is 0.632. The first-order chi connectivity index (χ1) is 12.3. The molecule has 0 heterocycles. The van der Waals surface area contributed by atoms with Crippen LogP contribution in [0.5, 0.6) is 5.75 Å².